The van der Waals surface area contributed by atoms with Gasteiger partial charge < -0.3 is 5.32 Å². The number of aldehydes is 1. The summed E-state index contributed by atoms with van der Waals surface area (Å²) in [6, 6.07) is 7.91. The maximum atomic E-state index is 10.5. The van der Waals surface area contributed by atoms with Crippen molar-refractivity contribution in [1.82, 2.24) is 5.32 Å². The topological polar surface area (TPSA) is 29.1 Å². The fourth-order valence-corrected chi connectivity index (χ4v) is 1.77. The SMILES string of the molecule is CCC(CCNC)c1ccc(C=O)cc1. The molecule has 0 fully saturated rings. The molecule has 2 heteroatoms. The summed E-state index contributed by atoms with van der Waals surface area (Å²) in [6.07, 6.45) is 3.17. The quantitative estimate of drug-likeness (QED) is 0.723. The summed E-state index contributed by atoms with van der Waals surface area (Å²) in [5.74, 6) is 0.596. The highest BCUT2D eigenvalue weighted by Crippen LogP contribution is 2.22. The third kappa shape index (κ3) is 3.48. The van der Waals surface area contributed by atoms with Crippen LogP contribution in [0.2, 0.25) is 0 Å². The minimum atomic E-state index is 0.596. The number of hydrogen-bond acceptors (Lipinski definition) is 2. The van der Waals surface area contributed by atoms with Crippen LogP contribution in [0.5, 0.6) is 0 Å². The van der Waals surface area contributed by atoms with Crippen molar-refractivity contribution >= 4 is 6.29 Å². The van der Waals surface area contributed by atoms with Crippen molar-refractivity contribution in [3.63, 3.8) is 0 Å². The predicted molar refractivity (Wildman–Crippen MR) is 63.4 cm³/mol. The Morgan fingerprint density at radius 3 is 2.47 bits per heavy atom. The lowest BCUT2D eigenvalue weighted by atomic mass is 9.92. The first-order chi connectivity index (χ1) is 7.31. The largest absolute Gasteiger partial charge is 0.320 e. The molecule has 0 spiro atoms. The van der Waals surface area contributed by atoms with Gasteiger partial charge in [-0.25, -0.2) is 0 Å². The van der Waals surface area contributed by atoms with Crippen molar-refractivity contribution < 1.29 is 4.79 Å². The van der Waals surface area contributed by atoms with Gasteiger partial charge in [0.1, 0.15) is 6.29 Å². The van der Waals surface area contributed by atoms with Gasteiger partial charge in [0, 0.05) is 5.56 Å². The smallest absolute Gasteiger partial charge is 0.150 e. The average molecular weight is 205 g/mol. The van der Waals surface area contributed by atoms with E-state index in [2.05, 4.69) is 24.4 Å². The predicted octanol–water partition coefficient (Wildman–Crippen LogP) is 2.60. The molecule has 2 nitrogen and oxygen atoms in total. The van der Waals surface area contributed by atoms with Crippen LogP contribution in [-0.2, 0) is 0 Å². The molecule has 1 unspecified atom stereocenters. The van der Waals surface area contributed by atoms with E-state index in [0.717, 1.165) is 31.2 Å². The molecule has 0 bridgehead atoms. The highest BCUT2D eigenvalue weighted by Gasteiger charge is 2.08. The van der Waals surface area contributed by atoms with Gasteiger partial charge in [-0.05, 0) is 37.9 Å². The maximum absolute atomic E-state index is 10.5. The zero-order chi connectivity index (χ0) is 11.1. The summed E-state index contributed by atoms with van der Waals surface area (Å²) in [5, 5.41) is 3.17. The van der Waals surface area contributed by atoms with Crippen molar-refractivity contribution in [1.29, 1.82) is 0 Å². The van der Waals surface area contributed by atoms with E-state index >= 15 is 0 Å². The Morgan fingerprint density at radius 1 is 1.33 bits per heavy atom. The number of hydrogen-bond donors (Lipinski definition) is 1. The summed E-state index contributed by atoms with van der Waals surface area (Å²) < 4.78 is 0. The minimum Gasteiger partial charge on any atom is -0.320 e. The first-order valence-electron chi connectivity index (χ1n) is 5.51. The van der Waals surface area contributed by atoms with Crippen LogP contribution >= 0.6 is 0 Å². The van der Waals surface area contributed by atoms with Crippen LogP contribution in [0, 0.1) is 0 Å². The number of rotatable bonds is 6. The number of nitrogens with one attached hydrogen (secondary N) is 1. The van der Waals surface area contributed by atoms with Crippen LogP contribution in [-0.4, -0.2) is 19.9 Å². The average Bonchev–Trinajstić information content (AvgIpc) is 2.31. The molecule has 1 aromatic rings. The van der Waals surface area contributed by atoms with E-state index in [0.29, 0.717) is 5.92 Å². The van der Waals surface area contributed by atoms with Crippen molar-refractivity contribution in [2.75, 3.05) is 13.6 Å². The molecule has 0 aliphatic rings. The zero-order valence-corrected chi connectivity index (χ0v) is 9.49. The standard InChI is InChI=1S/C13H19NO/c1-3-12(8-9-14-2)13-6-4-11(10-15)5-7-13/h4-7,10,12,14H,3,8-9H2,1-2H3. The minimum absolute atomic E-state index is 0.596. The molecule has 0 saturated carbocycles. The fourth-order valence-electron chi connectivity index (χ4n) is 1.77. The number of carbonyl (C=O) groups is 1. The lowest BCUT2D eigenvalue weighted by molar-refractivity contribution is 0.112. The summed E-state index contributed by atoms with van der Waals surface area (Å²) in [7, 11) is 1.97. The van der Waals surface area contributed by atoms with Crippen molar-refractivity contribution in [2.45, 2.75) is 25.7 Å². The number of carbonyl (C=O) groups excluding carboxylic acids is 1. The van der Waals surface area contributed by atoms with Gasteiger partial charge in [0.05, 0.1) is 0 Å². The zero-order valence-electron chi connectivity index (χ0n) is 9.49. The van der Waals surface area contributed by atoms with E-state index in [1.807, 2.05) is 19.2 Å². The Bertz CT molecular complexity index is 292. The molecule has 15 heavy (non-hydrogen) atoms. The van der Waals surface area contributed by atoms with E-state index < -0.39 is 0 Å². The highest BCUT2D eigenvalue weighted by molar-refractivity contribution is 5.74. The van der Waals surface area contributed by atoms with Crippen LogP contribution in [0.4, 0.5) is 0 Å². The van der Waals surface area contributed by atoms with Crippen LogP contribution in [0.3, 0.4) is 0 Å². The lowest BCUT2D eigenvalue weighted by Crippen LogP contribution is -2.11. The summed E-state index contributed by atoms with van der Waals surface area (Å²) in [6.45, 7) is 3.24. The van der Waals surface area contributed by atoms with Gasteiger partial charge in [0.25, 0.3) is 0 Å². The molecule has 1 rings (SSSR count). The van der Waals surface area contributed by atoms with Crippen LogP contribution in [0.1, 0.15) is 41.6 Å². The molecule has 0 saturated heterocycles. The second-order valence-electron chi connectivity index (χ2n) is 3.78. The third-order valence-corrected chi connectivity index (χ3v) is 2.78. The Hall–Kier alpha value is -1.15. The molecule has 0 aromatic heterocycles. The van der Waals surface area contributed by atoms with Gasteiger partial charge in [-0.15, -0.1) is 0 Å². The van der Waals surface area contributed by atoms with E-state index in [9.17, 15) is 4.79 Å². The van der Waals surface area contributed by atoms with Gasteiger partial charge >= 0.3 is 0 Å². The Kier molecular flexibility index (Phi) is 5.05. The van der Waals surface area contributed by atoms with Crippen molar-refractivity contribution in [3.05, 3.63) is 35.4 Å². The van der Waals surface area contributed by atoms with Gasteiger partial charge in [-0.3, -0.25) is 4.79 Å². The Morgan fingerprint density at radius 2 is 2.00 bits per heavy atom. The third-order valence-electron chi connectivity index (χ3n) is 2.78. The maximum Gasteiger partial charge on any atom is 0.150 e. The van der Waals surface area contributed by atoms with Crippen molar-refractivity contribution in [2.24, 2.45) is 0 Å². The molecule has 0 heterocycles. The van der Waals surface area contributed by atoms with Gasteiger partial charge in [0.2, 0.25) is 0 Å². The summed E-state index contributed by atoms with van der Waals surface area (Å²) in [4.78, 5) is 10.5. The monoisotopic (exact) mass is 205 g/mol. The first-order valence-corrected chi connectivity index (χ1v) is 5.51. The highest BCUT2D eigenvalue weighted by atomic mass is 16.1. The molecule has 0 amide bonds. The molecule has 1 atom stereocenters. The lowest BCUT2D eigenvalue weighted by Gasteiger charge is -2.14. The molecule has 1 N–H and O–H groups in total. The molecule has 0 radical (unpaired) electrons. The van der Waals surface area contributed by atoms with E-state index in [4.69, 9.17) is 0 Å². The van der Waals surface area contributed by atoms with Gasteiger partial charge in [0.15, 0.2) is 0 Å². The first kappa shape index (κ1) is 11.9. The number of benzene rings is 1. The molecule has 82 valence electrons. The molecular formula is C13H19NO. The fraction of sp³-hybridized carbons (Fsp3) is 0.462. The van der Waals surface area contributed by atoms with E-state index in [1.165, 1.54) is 5.56 Å². The normalized spacial score (nSPS) is 12.4. The molecule has 0 aliphatic heterocycles. The Balaban J connectivity index is 2.69. The Labute approximate surface area is 91.7 Å². The van der Waals surface area contributed by atoms with Gasteiger partial charge in [-0.2, -0.15) is 0 Å². The molecular weight excluding hydrogens is 186 g/mol. The van der Waals surface area contributed by atoms with Crippen LogP contribution in [0.25, 0.3) is 0 Å². The molecule has 0 aliphatic carbocycles. The summed E-state index contributed by atoms with van der Waals surface area (Å²) in [5.41, 5.74) is 2.08. The van der Waals surface area contributed by atoms with E-state index in [-0.39, 0.29) is 0 Å². The van der Waals surface area contributed by atoms with Crippen LogP contribution in [0.15, 0.2) is 24.3 Å². The van der Waals surface area contributed by atoms with Crippen LogP contribution < -0.4 is 5.32 Å². The second kappa shape index (κ2) is 6.36. The van der Waals surface area contributed by atoms with Gasteiger partial charge in [-0.1, -0.05) is 31.2 Å². The summed E-state index contributed by atoms with van der Waals surface area (Å²) >= 11 is 0. The van der Waals surface area contributed by atoms with E-state index in [1.54, 1.807) is 0 Å². The van der Waals surface area contributed by atoms with Crippen molar-refractivity contribution in [3.8, 4) is 0 Å². The second-order valence-corrected chi connectivity index (χ2v) is 3.78. The molecule has 1 aromatic carbocycles.